The van der Waals surface area contributed by atoms with Crippen molar-refractivity contribution in [3.63, 3.8) is 0 Å². The summed E-state index contributed by atoms with van der Waals surface area (Å²) in [6, 6.07) is 5.72. The first kappa shape index (κ1) is 16.9. The van der Waals surface area contributed by atoms with Crippen LogP contribution in [0.3, 0.4) is 0 Å². The van der Waals surface area contributed by atoms with Crippen LogP contribution >= 0.6 is 27.5 Å². The minimum absolute atomic E-state index is 0.0707. The lowest BCUT2D eigenvalue weighted by Crippen LogP contribution is -2.30. The number of hydrogen-bond acceptors (Lipinski definition) is 3. The van der Waals surface area contributed by atoms with Gasteiger partial charge in [-0.05, 0) is 37.1 Å². The molecule has 0 radical (unpaired) electrons. The molecular formula is C14H22BrClN2O. The van der Waals surface area contributed by atoms with Crippen molar-refractivity contribution in [2.24, 2.45) is 5.73 Å². The van der Waals surface area contributed by atoms with Crippen molar-refractivity contribution in [3.05, 3.63) is 33.3 Å². The Hall–Kier alpha value is -0.130. The minimum atomic E-state index is -0.0707. The van der Waals surface area contributed by atoms with Gasteiger partial charge < -0.3 is 15.7 Å². The van der Waals surface area contributed by atoms with E-state index in [4.69, 9.17) is 22.4 Å². The molecule has 5 heteroatoms. The SMILES string of the molecule is CCCN(CCO)CCC(N)c1ccc(Br)cc1Cl. The smallest absolute Gasteiger partial charge is 0.0558 e. The van der Waals surface area contributed by atoms with Gasteiger partial charge >= 0.3 is 0 Å². The lowest BCUT2D eigenvalue weighted by Gasteiger charge is -2.23. The van der Waals surface area contributed by atoms with Crippen molar-refractivity contribution >= 4 is 27.5 Å². The molecule has 0 heterocycles. The van der Waals surface area contributed by atoms with Crippen LogP contribution in [0.4, 0.5) is 0 Å². The van der Waals surface area contributed by atoms with E-state index in [1.165, 1.54) is 0 Å². The van der Waals surface area contributed by atoms with Crippen LogP contribution in [0.2, 0.25) is 5.02 Å². The van der Waals surface area contributed by atoms with Gasteiger partial charge in [0.2, 0.25) is 0 Å². The standard InChI is InChI=1S/C14H22BrClN2O/c1-2-6-18(8-9-19)7-5-14(17)12-4-3-11(15)10-13(12)16/h3-4,10,14,19H,2,5-9,17H2,1H3. The van der Waals surface area contributed by atoms with E-state index < -0.39 is 0 Å². The topological polar surface area (TPSA) is 49.5 Å². The molecule has 0 aromatic heterocycles. The Labute approximate surface area is 128 Å². The maximum atomic E-state index is 9.02. The summed E-state index contributed by atoms with van der Waals surface area (Å²) in [5.74, 6) is 0. The van der Waals surface area contributed by atoms with E-state index in [1.807, 2.05) is 18.2 Å². The summed E-state index contributed by atoms with van der Waals surface area (Å²) in [6.07, 6.45) is 1.91. The summed E-state index contributed by atoms with van der Waals surface area (Å²) >= 11 is 9.59. The molecule has 1 aromatic carbocycles. The molecule has 19 heavy (non-hydrogen) atoms. The highest BCUT2D eigenvalue weighted by molar-refractivity contribution is 9.10. The summed E-state index contributed by atoms with van der Waals surface area (Å²) in [4.78, 5) is 2.23. The predicted molar refractivity (Wildman–Crippen MR) is 84.5 cm³/mol. The number of rotatable bonds is 8. The van der Waals surface area contributed by atoms with E-state index in [0.29, 0.717) is 11.6 Å². The van der Waals surface area contributed by atoms with Gasteiger partial charge in [0.1, 0.15) is 0 Å². The van der Waals surface area contributed by atoms with Crippen molar-refractivity contribution in [1.29, 1.82) is 0 Å². The molecule has 0 saturated heterocycles. The Morgan fingerprint density at radius 1 is 1.37 bits per heavy atom. The van der Waals surface area contributed by atoms with Crippen molar-refractivity contribution in [2.75, 3.05) is 26.2 Å². The lowest BCUT2D eigenvalue weighted by atomic mass is 10.0. The Bertz CT molecular complexity index is 384. The van der Waals surface area contributed by atoms with Gasteiger partial charge in [-0.2, -0.15) is 0 Å². The molecule has 0 saturated carbocycles. The number of halogens is 2. The molecule has 0 aliphatic heterocycles. The van der Waals surface area contributed by atoms with E-state index in [-0.39, 0.29) is 12.6 Å². The summed E-state index contributed by atoms with van der Waals surface area (Å²) < 4.78 is 0.960. The van der Waals surface area contributed by atoms with Gasteiger partial charge in [-0.1, -0.05) is 40.5 Å². The van der Waals surface area contributed by atoms with E-state index in [1.54, 1.807) is 0 Å². The lowest BCUT2D eigenvalue weighted by molar-refractivity contribution is 0.191. The molecule has 0 aliphatic rings. The molecule has 1 rings (SSSR count). The van der Waals surface area contributed by atoms with Crippen molar-refractivity contribution in [1.82, 2.24) is 4.90 Å². The highest BCUT2D eigenvalue weighted by Crippen LogP contribution is 2.27. The zero-order valence-electron chi connectivity index (χ0n) is 11.3. The summed E-state index contributed by atoms with van der Waals surface area (Å²) in [5, 5.41) is 9.72. The minimum Gasteiger partial charge on any atom is -0.395 e. The zero-order chi connectivity index (χ0) is 14.3. The summed E-state index contributed by atoms with van der Waals surface area (Å²) in [6.45, 7) is 4.89. The van der Waals surface area contributed by atoms with E-state index >= 15 is 0 Å². The maximum absolute atomic E-state index is 9.02. The fraction of sp³-hybridized carbons (Fsp3) is 0.571. The molecular weight excluding hydrogens is 328 g/mol. The molecule has 0 spiro atoms. The molecule has 0 aliphatic carbocycles. The quantitative estimate of drug-likeness (QED) is 0.758. The third-order valence-corrected chi connectivity index (χ3v) is 3.89. The highest BCUT2D eigenvalue weighted by Gasteiger charge is 2.12. The Balaban J connectivity index is 2.55. The fourth-order valence-corrected chi connectivity index (χ4v) is 2.89. The Morgan fingerprint density at radius 3 is 2.68 bits per heavy atom. The Kier molecular flexibility index (Phi) is 7.95. The molecule has 0 fully saturated rings. The average Bonchev–Trinajstić information content (AvgIpc) is 2.36. The van der Waals surface area contributed by atoms with Crippen molar-refractivity contribution < 1.29 is 5.11 Å². The molecule has 0 bridgehead atoms. The first-order valence-corrected chi connectivity index (χ1v) is 7.79. The summed E-state index contributed by atoms with van der Waals surface area (Å²) in [5.41, 5.74) is 7.17. The number of nitrogens with two attached hydrogens (primary N) is 1. The number of hydrogen-bond donors (Lipinski definition) is 2. The second-order valence-electron chi connectivity index (χ2n) is 4.63. The van der Waals surface area contributed by atoms with Gasteiger partial charge in [0.25, 0.3) is 0 Å². The van der Waals surface area contributed by atoms with E-state index in [9.17, 15) is 0 Å². The first-order chi connectivity index (χ1) is 9.08. The van der Waals surface area contributed by atoms with Gasteiger partial charge in [0.05, 0.1) is 6.61 Å². The van der Waals surface area contributed by atoms with Crippen molar-refractivity contribution in [3.8, 4) is 0 Å². The van der Waals surface area contributed by atoms with Crippen LogP contribution in [0, 0.1) is 0 Å². The normalized spacial score (nSPS) is 12.9. The van der Waals surface area contributed by atoms with Crippen LogP contribution < -0.4 is 5.73 Å². The van der Waals surface area contributed by atoms with E-state index in [2.05, 4.69) is 27.8 Å². The van der Waals surface area contributed by atoms with Crippen LogP contribution in [0.5, 0.6) is 0 Å². The molecule has 3 nitrogen and oxygen atoms in total. The highest BCUT2D eigenvalue weighted by atomic mass is 79.9. The molecule has 3 N–H and O–H groups in total. The third-order valence-electron chi connectivity index (χ3n) is 3.07. The van der Waals surface area contributed by atoms with E-state index in [0.717, 1.165) is 36.0 Å². The zero-order valence-corrected chi connectivity index (χ0v) is 13.6. The predicted octanol–water partition coefficient (Wildman–Crippen LogP) is 3.20. The fourth-order valence-electron chi connectivity index (χ4n) is 2.07. The third kappa shape index (κ3) is 5.79. The van der Waals surface area contributed by atoms with Crippen LogP contribution in [-0.4, -0.2) is 36.2 Å². The monoisotopic (exact) mass is 348 g/mol. The van der Waals surface area contributed by atoms with Crippen LogP contribution in [0.25, 0.3) is 0 Å². The van der Waals surface area contributed by atoms with Gasteiger partial charge in [-0.15, -0.1) is 0 Å². The van der Waals surface area contributed by atoms with Crippen molar-refractivity contribution in [2.45, 2.75) is 25.8 Å². The van der Waals surface area contributed by atoms with Crippen LogP contribution in [0.15, 0.2) is 22.7 Å². The largest absolute Gasteiger partial charge is 0.395 e. The van der Waals surface area contributed by atoms with Crippen LogP contribution in [-0.2, 0) is 0 Å². The van der Waals surface area contributed by atoms with Crippen LogP contribution in [0.1, 0.15) is 31.4 Å². The molecule has 0 amide bonds. The molecule has 108 valence electrons. The number of aliphatic hydroxyl groups is 1. The van der Waals surface area contributed by atoms with Gasteiger partial charge in [0, 0.05) is 28.6 Å². The maximum Gasteiger partial charge on any atom is 0.0558 e. The molecule has 1 atom stereocenters. The molecule has 1 aromatic rings. The van der Waals surface area contributed by atoms with Gasteiger partial charge in [0.15, 0.2) is 0 Å². The number of benzene rings is 1. The van der Waals surface area contributed by atoms with Gasteiger partial charge in [-0.3, -0.25) is 0 Å². The average molecular weight is 350 g/mol. The number of aliphatic hydroxyl groups excluding tert-OH is 1. The number of nitrogens with zero attached hydrogens (tertiary/aromatic N) is 1. The summed E-state index contributed by atoms with van der Waals surface area (Å²) in [7, 11) is 0. The van der Waals surface area contributed by atoms with Gasteiger partial charge in [-0.25, -0.2) is 0 Å². The first-order valence-electron chi connectivity index (χ1n) is 6.62. The molecule has 1 unspecified atom stereocenters. The Morgan fingerprint density at radius 2 is 2.11 bits per heavy atom. The second-order valence-corrected chi connectivity index (χ2v) is 5.95. The second kappa shape index (κ2) is 8.93.